The van der Waals surface area contributed by atoms with Gasteiger partial charge >= 0.3 is 0 Å². The number of imidazole rings is 1. The number of halogens is 1. The molecule has 0 atom stereocenters. The molecule has 2 aromatic carbocycles. The zero-order valence-electron chi connectivity index (χ0n) is 14.3. The van der Waals surface area contributed by atoms with Crippen LogP contribution in [0, 0.1) is 5.82 Å². The summed E-state index contributed by atoms with van der Waals surface area (Å²) in [5.74, 6) is -0.408. The molecular formula is C22H15FN2O2. The van der Waals surface area contributed by atoms with Crippen LogP contribution in [0.5, 0.6) is 0 Å². The minimum Gasteiger partial charge on any atom is -0.464 e. The molecule has 0 unspecified atom stereocenters. The largest absolute Gasteiger partial charge is 0.464 e. The molecule has 0 saturated heterocycles. The van der Waals surface area contributed by atoms with Crippen molar-refractivity contribution in [2.24, 2.45) is 0 Å². The number of nitrogens with zero attached hydrogens (tertiary/aromatic N) is 2. The Morgan fingerprint density at radius 3 is 2.78 bits per heavy atom. The summed E-state index contributed by atoms with van der Waals surface area (Å²) in [4.78, 5) is 4.68. The fourth-order valence-electron chi connectivity index (χ4n) is 3.41. The number of aliphatic hydroxyl groups excluding tert-OH is 1. The van der Waals surface area contributed by atoms with Crippen molar-refractivity contribution >= 4 is 16.6 Å². The summed E-state index contributed by atoms with van der Waals surface area (Å²) in [6, 6.07) is 16.5. The second-order valence-corrected chi connectivity index (χ2v) is 6.41. The number of hydrogen-bond donors (Lipinski definition) is 1. The third-order valence-corrected chi connectivity index (χ3v) is 4.79. The fraction of sp³-hybridized carbons (Fsp3) is 0.0455. The molecule has 5 heteroatoms. The summed E-state index contributed by atoms with van der Waals surface area (Å²) in [7, 11) is 0. The third-order valence-electron chi connectivity index (χ3n) is 4.79. The van der Waals surface area contributed by atoms with Crippen LogP contribution in [0.15, 0.2) is 77.7 Å². The summed E-state index contributed by atoms with van der Waals surface area (Å²) in [5.41, 5.74) is 5.26. The van der Waals surface area contributed by atoms with Crippen LogP contribution >= 0.6 is 0 Å². The van der Waals surface area contributed by atoms with E-state index >= 15 is 0 Å². The van der Waals surface area contributed by atoms with E-state index in [1.807, 2.05) is 53.2 Å². The maximum Gasteiger partial charge on any atom is 0.137 e. The molecule has 3 heterocycles. The molecule has 27 heavy (non-hydrogen) atoms. The quantitative estimate of drug-likeness (QED) is 0.491. The minimum absolute atomic E-state index is 0.294. The highest BCUT2D eigenvalue weighted by molar-refractivity contribution is 5.83. The molecule has 1 N–H and O–H groups in total. The van der Waals surface area contributed by atoms with Crippen LogP contribution in [0.25, 0.3) is 39.0 Å². The van der Waals surface area contributed by atoms with E-state index in [4.69, 9.17) is 4.42 Å². The number of fused-ring (bicyclic) bond motifs is 2. The average Bonchev–Trinajstić information content (AvgIpc) is 3.33. The lowest BCUT2D eigenvalue weighted by molar-refractivity contribution is 0.276. The molecular weight excluding hydrogens is 343 g/mol. The van der Waals surface area contributed by atoms with Gasteiger partial charge < -0.3 is 13.9 Å². The first kappa shape index (κ1) is 15.8. The molecule has 3 aromatic heterocycles. The van der Waals surface area contributed by atoms with E-state index in [1.165, 1.54) is 6.07 Å². The van der Waals surface area contributed by atoms with Gasteiger partial charge in [0, 0.05) is 28.9 Å². The number of aromatic nitrogens is 2. The number of rotatable bonds is 3. The first-order chi connectivity index (χ1) is 13.2. The predicted molar refractivity (Wildman–Crippen MR) is 102 cm³/mol. The fourth-order valence-corrected chi connectivity index (χ4v) is 3.41. The Morgan fingerprint density at radius 1 is 1.00 bits per heavy atom. The van der Waals surface area contributed by atoms with Crippen LogP contribution < -0.4 is 0 Å². The molecule has 4 nitrogen and oxygen atoms in total. The molecule has 0 aliphatic carbocycles. The molecule has 132 valence electrons. The molecule has 5 aromatic rings. The van der Waals surface area contributed by atoms with E-state index in [1.54, 1.807) is 18.4 Å². The highest BCUT2D eigenvalue weighted by Crippen LogP contribution is 2.28. The van der Waals surface area contributed by atoms with Crippen LogP contribution in [0.2, 0.25) is 0 Å². The smallest absolute Gasteiger partial charge is 0.137 e. The zero-order chi connectivity index (χ0) is 18.4. The number of aliphatic hydroxyl groups is 1. The molecule has 0 saturated carbocycles. The van der Waals surface area contributed by atoms with Gasteiger partial charge in [0.25, 0.3) is 0 Å². The van der Waals surface area contributed by atoms with Crippen molar-refractivity contribution in [3.63, 3.8) is 0 Å². The van der Waals surface area contributed by atoms with Gasteiger partial charge in [0.05, 0.1) is 18.6 Å². The van der Waals surface area contributed by atoms with Crippen molar-refractivity contribution in [1.29, 1.82) is 0 Å². The highest BCUT2D eigenvalue weighted by atomic mass is 19.1. The maximum absolute atomic E-state index is 14.0. The minimum atomic E-state index is -0.408. The molecule has 5 rings (SSSR count). The highest BCUT2D eigenvalue weighted by Gasteiger charge is 2.11. The van der Waals surface area contributed by atoms with E-state index < -0.39 is 5.82 Å². The Labute approximate surface area is 154 Å². The molecule has 0 bridgehead atoms. The predicted octanol–water partition coefficient (Wildman–Crippen LogP) is 5.05. The average molecular weight is 358 g/mol. The van der Waals surface area contributed by atoms with Gasteiger partial charge in [0.1, 0.15) is 17.0 Å². The van der Waals surface area contributed by atoms with Crippen LogP contribution in [-0.4, -0.2) is 14.5 Å². The molecule has 0 fully saturated rings. The zero-order valence-corrected chi connectivity index (χ0v) is 14.3. The van der Waals surface area contributed by atoms with Gasteiger partial charge in [-0.2, -0.15) is 0 Å². The lowest BCUT2D eigenvalue weighted by atomic mass is 10.0. The Balaban J connectivity index is 1.62. The Kier molecular flexibility index (Phi) is 3.55. The number of benzene rings is 2. The summed E-state index contributed by atoms with van der Waals surface area (Å²) in [6.45, 7) is -0.347. The van der Waals surface area contributed by atoms with Gasteiger partial charge in [0.15, 0.2) is 0 Å². The third kappa shape index (κ3) is 2.60. The van der Waals surface area contributed by atoms with Crippen molar-refractivity contribution in [3.05, 3.63) is 84.6 Å². The number of pyridine rings is 1. The van der Waals surface area contributed by atoms with Gasteiger partial charge in [-0.05, 0) is 53.6 Å². The van der Waals surface area contributed by atoms with Crippen molar-refractivity contribution < 1.29 is 13.9 Å². The van der Waals surface area contributed by atoms with Crippen molar-refractivity contribution in [2.45, 2.75) is 6.61 Å². The van der Waals surface area contributed by atoms with Gasteiger partial charge in [-0.25, -0.2) is 9.37 Å². The molecule has 0 radical (unpaired) electrons. The monoisotopic (exact) mass is 358 g/mol. The van der Waals surface area contributed by atoms with Gasteiger partial charge in [-0.1, -0.05) is 12.1 Å². The summed E-state index contributed by atoms with van der Waals surface area (Å²) < 4.78 is 21.3. The molecule has 0 spiro atoms. The Hall–Kier alpha value is -3.44. The topological polar surface area (TPSA) is 50.7 Å². The van der Waals surface area contributed by atoms with Gasteiger partial charge in [0.2, 0.25) is 0 Å². The van der Waals surface area contributed by atoms with Crippen LogP contribution in [0.3, 0.4) is 0 Å². The lowest BCUT2D eigenvalue weighted by Gasteiger charge is -2.09. The van der Waals surface area contributed by atoms with Gasteiger partial charge in [-0.3, -0.25) is 0 Å². The van der Waals surface area contributed by atoms with Gasteiger partial charge in [-0.15, -0.1) is 0 Å². The van der Waals surface area contributed by atoms with Crippen LogP contribution in [0.1, 0.15) is 5.56 Å². The Bertz CT molecular complexity index is 1290. The molecule has 0 aliphatic heterocycles. The van der Waals surface area contributed by atoms with E-state index in [9.17, 15) is 9.50 Å². The van der Waals surface area contributed by atoms with Crippen LogP contribution in [0.4, 0.5) is 4.39 Å². The van der Waals surface area contributed by atoms with Crippen molar-refractivity contribution in [1.82, 2.24) is 9.38 Å². The molecule has 0 aliphatic rings. The van der Waals surface area contributed by atoms with Crippen LogP contribution in [-0.2, 0) is 6.61 Å². The first-order valence-corrected chi connectivity index (χ1v) is 8.58. The number of hydrogen-bond acceptors (Lipinski definition) is 3. The number of furan rings is 1. The summed E-state index contributed by atoms with van der Waals surface area (Å²) >= 11 is 0. The Morgan fingerprint density at radius 2 is 1.89 bits per heavy atom. The van der Waals surface area contributed by atoms with E-state index in [2.05, 4.69) is 4.98 Å². The SMILES string of the molecule is OCc1c(F)cccc1-c1ccc2nc(-c3ccc4occc4c3)cn2c1. The molecule has 0 amide bonds. The second-order valence-electron chi connectivity index (χ2n) is 6.41. The normalized spacial score (nSPS) is 11.5. The summed E-state index contributed by atoms with van der Waals surface area (Å²) in [6.07, 6.45) is 5.51. The van der Waals surface area contributed by atoms with Crippen molar-refractivity contribution in [3.8, 4) is 22.4 Å². The van der Waals surface area contributed by atoms with E-state index in [0.29, 0.717) is 11.1 Å². The van der Waals surface area contributed by atoms with E-state index in [-0.39, 0.29) is 6.61 Å². The van der Waals surface area contributed by atoms with Crippen molar-refractivity contribution in [2.75, 3.05) is 0 Å². The second kappa shape index (κ2) is 6.07. The van der Waals surface area contributed by atoms with E-state index in [0.717, 1.165) is 33.4 Å². The maximum atomic E-state index is 14.0. The summed E-state index contributed by atoms with van der Waals surface area (Å²) in [5, 5.41) is 10.6. The standard InChI is InChI=1S/C22H15FN2O2/c23-19-3-1-2-17(18(19)13-26)16-5-7-22-24-20(12-25(22)11-16)14-4-6-21-15(10-14)8-9-27-21/h1-12,26H,13H2. The lowest BCUT2D eigenvalue weighted by Crippen LogP contribution is -1.95. The first-order valence-electron chi connectivity index (χ1n) is 8.58.